The number of carbonyl (C=O) groups is 2. The number of alkyl carbamates (subject to hydrolysis) is 1. The minimum absolute atomic E-state index is 0.00361. The molecule has 2 aromatic carbocycles. The zero-order valence-corrected chi connectivity index (χ0v) is 29.0. The summed E-state index contributed by atoms with van der Waals surface area (Å²) in [7, 11) is -3.87. The molecular weight excluding hydrogens is 644 g/mol. The van der Waals surface area contributed by atoms with E-state index in [9.17, 15) is 31.9 Å². The maximum Gasteiger partial charge on any atom is 0.408 e. The molecule has 3 atom stereocenters. The lowest BCUT2D eigenvalue weighted by molar-refractivity contribution is -0.124. The van der Waals surface area contributed by atoms with Gasteiger partial charge in [0, 0.05) is 32.0 Å². The molecular formula is C35H51F2N3O7S. The predicted molar refractivity (Wildman–Crippen MR) is 180 cm³/mol. The van der Waals surface area contributed by atoms with Gasteiger partial charge in [-0.1, -0.05) is 57.9 Å². The molecule has 1 saturated heterocycles. The molecule has 4 N–H and O–H groups in total. The minimum atomic E-state index is -3.87. The van der Waals surface area contributed by atoms with Crippen LogP contribution in [0.3, 0.4) is 0 Å². The second-order valence-electron chi connectivity index (χ2n) is 12.4. The molecule has 3 rings (SSSR count). The van der Waals surface area contributed by atoms with Gasteiger partial charge in [-0.2, -0.15) is 0 Å². The fourth-order valence-corrected chi connectivity index (χ4v) is 8.00. The third kappa shape index (κ3) is 13.1. The van der Waals surface area contributed by atoms with Crippen molar-refractivity contribution in [1.82, 2.24) is 16.0 Å². The number of carbonyl (C=O) groups excluding carboxylic acids is 2. The first-order chi connectivity index (χ1) is 22.9. The summed E-state index contributed by atoms with van der Waals surface area (Å²) in [5, 5.41) is 18.9. The average Bonchev–Trinajstić information content (AvgIpc) is 3.04. The van der Waals surface area contributed by atoms with E-state index in [1.165, 1.54) is 0 Å². The number of amides is 2. The third-order valence-corrected chi connectivity index (χ3v) is 10.7. The van der Waals surface area contributed by atoms with Gasteiger partial charge >= 0.3 is 6.09 Å². The van der Waals surface area contributed by atoms with Crippen LogP contribution < -0.4 is 16.0 Å². The number of nitrogens with one attached hydrogen (secondary N) is 3. The third-order valence-electron chi connectivity index (χ3n) is 8.43. The van der Waals surface area contributed by atoms with Crippen molar-refractivity contribution in [1.29, 1.82) is 0 Å². The molecule has 2 aromatic rings. The summed E-state index contributed by atoms with van der Waals surface area (Å²) in [6.45, 7) is 7.02. The highest BCUT2D eigenvalue weighted by Gasteiger charge is 2.35. The number of sulfone groups is 1. The van der Waals surface area contributed by atoms with Gasteiger partial charge < -0.3 is 30.5 Å². The van der Waals surface area contributed by atoms with Gasteiger partial charge in [-0.3, -0.25) is 4.79 Å². The number of hydrogen-bond donors (Lipinski definition) is 4. The van der Waals surface area contributed by atoms with Gasteiger partial charge in [-0.15, -0.1) is 0 Å². The lowest BCUT2D eigenvalue weighted by Crippen LogP contribution is -2.57. The van der Waals surface area contributed by atoms with E-state index in [2.05, 4.69) is 16.0 Å². The Balaban J connectivity index is 1.83. The fraction of sp³-hybridized carbons (Fsp3) is 0.600. The van der Waals surface area contributed by atoms with Crippen molar-refractivity contribution in [2.45, 2.75) is 108 Å². The second kappa shape index (κ2) is 19.8. The Morgan fingerprint density at radius 3 is 2.23 bits per heavy atom. The Hall–Kier alpha value is -3.13. The monoisotopic (exact) mass is 695 g/mol. The van der Waals surface area contributed by atoms with E-state index in [0.717, 1.165) is 35.7 Å². The van der Waals surface area contributed by atoms with E-state index in [1.807, 2.05) is 45.0 Å². The normalized spacial score (nSPS) is 15.9. The lowest BCUT2D eigenvalue weighted by atomic mass is 10.00. The summed E-state index contributed by atoms with van der Waals surface area (Å²) >= 11 is 0. The number of benzene rings is 2. The maximum atomic E-state index is 14.1. The highest BCUT2D eigenvalue weighted by atomic mass is 32.2. The Bertz CT molecular complexity index is 1400. The van der Waals surface area contributed by atoms with Crippen LogP contribution in [0.5, 0.6) is 0 Å². The standard InChI is InChI=1S/C35H51F2N3O7S/c1-4-8-30(9-5-2)48(44,45)23-32(40-35(43)47-29-12-14-46-15-13-29)34(42)39-31(19-26-17-27(36)20-28(37)18-26)33(41)22-38-21-25-11-7-10-24(6-3)16-25/h7,10-11,16-18,20,29-33,38,41H,4-6,8-9,12-15,19,21-23H2,1-3H3,(H,39,42)(H,40,43)/t31-,32?,33+/m0/s1. The van der Waals surface area contributed by atoms with Crippen LogP contribution in [0.25, 0.3) is 0 Å². The molecule has 48 heavy (non-hydrogen) atoms. The fourth-order valence-electron chi connectivity index (χ4n) is 5.84. The molecule has 1 heterocycles. The van der Waals surface area contributed by atoms with E-state index in [0.29, 0.717) is 58.3 Å². The van der Waals surface area contributed by atoms with Crippen LogP contribution in [0.4, 0.5) is 13.6 Å². The van der Waals surface area contributed by atoms with Gasteiger partial charge in [0.1, 0.15) is 23.8 Å². The first-order valence-electron chi connectivity index (χ1n) is 16.9. The van der Waals surface area contributed by atoms with Crippen molar-refractivity contribution in [2.75, 3.05) is 25.5 Å². The van der Waals surface area contributed by atoms with Crippen LogP contribution in [-0.4, -0.2) is 80.6 Å². The molecule has 1 fully saturated rings. The minimum Gasteiger partial charge on any atom is -0.446 e. The van der Waals surface area contributed by atoms with Crippen molar-refractivity contribution in [3.63, 3.8) is 0 Å². The van der Waals surface area contributed by atoms with Gasteiger partial charge in [-0.05, 0) is 54.5 Å². The predicted octanol–water partition coefficient (Wildman–Crippen LogP) is 4.36. The summed E-state index contributed by atoms with van der Waals surface area (Å²) in [6.07, 6.45) is 1.00. The molecule has 1 unspecified atom stereocenters. The van der Waals surface area contributed by atoms with Gasteiger partial charge in [0.2, 0.25) is 5.91 Å². The summed E-state index contributed by atoms with van der Waals surface area (Å²) in [5.74, 6) is -3.20. The summed E-state index contributed by atoms with van der Waals surface area (Å²) in [5.41, 5.74) is 2.31. The van der Waals surface area contributed by atoms with Crippen LogP contribution in [0.15, 0.2) is 42.5 Å². The molecule has 0 aromatic heterocycles. The second-order valence-corrected chi connectivity index (χ2v) is 14.7. The van der Waals surface area contributed by atoms with Gasteiger partial charge in [0.05, 0.1) is 36.4 Å². The molecule has 268 valence electrons. The first-order valence-corrected chi connectivity index (χ1v) is 18.6. The van der Waals surface area contributed by atoms with E-state index in [-0.39, 0.29) is 18.5 Å². The number of aliphatic hydroxyl groups is 1. The van der Waals surface area contributed by atoms with E-state index in [4.69, 9.17) is 9.47 Å². The molecule has 0 saturated carbocycles. The molecule has 13 heteroatoms. The maximum absolute atomic E-state index is 14.1. The Labute approximate surface area is 283 Å². The van der Waals surface area contributed by atoms with Crippen LogP contribution in [0.1, 0.15) is 76.0 Å². The SMILES string of the molecule is CCCC(CCC)S(=O)(=O)CC(NC(=O)OC1CCOCC1)C(=O)N[C@@H](Cc1cc(F)cc(F)c1)[C@H](O)CNCc1cccc(CC)c1. The molecule has 1 aliphatic rings. The number of aryl methyl sites for hydroxylation is 1. The lowest BCUT2D eigenvalue weighted by Gasteiger charge is -2.29. The van der Waals surface area contributed by atoms with Gasteiger partial charge in [0.25, 0.3) is 0 Å². The summed E-state index contributed by atoms with van der Waals surface area (Å²) in [4.78, 5) is 26.8. The van der Waals surface area contributed by atoms with Crippen LogP contribution in [-0.2, 0) is 43.5 Å². The van der Waals surface area contributed by atoms with E-state index in [1.54, 1.807) is 0 Å². The van der Waals surface area contributed by atoms with E-state index < -0.39 is 68.8 Å². The van der Waals surface area contributed by atoms with Crippen LogP contribution in [0.2, 0.25) is 0 Å². The first kappa shape index (κ1) is 39.3. The van der Waals surface area contributed by atoms with Crippen molar-refractivity contribution in [2.24, 2.45) is 0 Å². The number of rotatable bonds is 19. The van der Waals surface area contributed by atoms with Gasteiger partial charge in [-0.25, -0.2) is 22.0 Å². The van der Waals surface area contributed by atoms with Crippen molar-refractivity contribution < 1.29 is 41.4 Å². The molecule has 1 aliphatic heterocycles. The van der Waals surface area contributed by atoms with E-state index >= 15 is 0 Å². The largest absolute Gasteiger partial charge is 0.446 e. The molecule has 2 amide bonds. The number of halogens is 2. The van der Waals surface area contributed by atoms with Crippen molar-refractivity contribution in [3.05, 3.63) is 70.8 Å². The molecule has 0 radical (unpaired) electrons. The molecule has 0 spiro atoms. The average molecular weight is 696 g/mol. The number of hydrogen-bond acceptors (Lipinski definition) is 8. The Morgan fingerprint density at radius 2 is 1.60 bits per heavy atom. The topological polar surface area (TPSA) is 143 Å². The van der Waals surface area contributed by atoms with Crippen LogP contribution in [0, 0.1) is 11.6 Å². The smallest absolute Gasteiger partial charge is 0.408 e. The number of aliphatic hydroxyl groups excluding tert-OH is 1. The zero-order chi connectivity index (χ0) is 35.1. The molecule has 10 nitrogen and oxygen atoms in total. The van der Waals surface area contributed by atoms with Gasteiger partial charge in [0.15, 0.2) is 9.84 Å². The Kier molecular flexibility index (Phi) is 16.2. The summed E-state index contributed by atoms with van der Waals surface area (Å²) < 4.78 is 66.1. The van der Waals surface area contributed by atoms with Crippen molar-refractivity contribution >= 4 is 21.8 Å². The summed E-state index contributed by atoms with van der Waals surface area (Å²) in [6, 6.07) is 8.19. The zero-order valence-electron chi connectivity index (χ0n) is 28.2. The number of ether oxygens (including phenoxy) is 2. The molecule has 0 aliphatic carbocycles. The van der Waals surface area contributed by atoms with Crippen molar-refractivity contribution in [3.8, 4) is 0 Å². The molecule has 0 bridgehead atoms. The highest BCUT2D eigenvalue weighted by molar-refractivity contribution is 7.92. The van der Waals surface area contributed by atoms with Crippen LogP contribution >= 0.6 is 0 Å². The quantitative estimate of drug-likeness (QED) is 0.170. The highest BCUT2D eigenvalue weighted by Crippen LogP contribution is 2.18. The Morgan fingerprint density at radius 1 is 0.958 bits per heavy atom.